The Hall–Kier alpha value is -2.64. The Balaban J connectivity index is 2.30. The highest BCUT2D eigenvalue weighted by Crippen LogP contribution is 2.18. The van der Waals surface area contributed by atoms with E-state index in [0.717, 1.165) is 16.7 Å². The molecule has 3 N–H and O–H groups in total. The normalized spacial score (nSPS) is 9.67. The third-order valence-electron chi connectivity index (χ3n) is 2.89. The maximum absolute atomic E-state index is 12.3. The zero-order chi connectivity index (χ0) is 15.2. The van der Waals surface area contributed by atoms with Crippen molar-refractivity contribution in [3.63, 3.8) is 0 Å². The van der Waals surface area contributed by atoms with Crippen LogP contribution in [0.2, 0.25) is 0 Å². The number of aryl methyl sites for hydroxylation is 2. The van der Waals surface area contributed by atoms with E-state index >= 15 is 0 Å². The van der Waals surface area contributed by atoms with Crippen LogP contribution in [0.3, 0.4) is 0 Å². The molecule has 0 bridgehead atoms. The molecule has 0 aliphatic heterocycles. The number of amides is 1. The van der Waals surface area contributed by atoms with Crippen molar-refractivity contribution in [2.24, 2.45) is 5.73 Å². The van der Waals surface area contributed by atoms with E-state index in [4.69, 9.17) is 5.73 Å². The first-order valence-corrected chi connectivity index (χ1v) is 6.63. The van der Waals surface area contributed by atoms with E-state index in [-0.39, 0.29) is 12.5 Å². The molecule has 0 radical (unpaired) electrons. The zero-order valence-electron chi connectivity index (χ0n) is 12.1. The Morgan fingerprint density at radius 1 is 1.24 bits per heavy atom. The maximum Gasteiger partial charge on any atom is 0.257 e. The fourth-order valence-corrected chi connectivity index (χ4v) is 1.89. The zero-order valence-corrected chi connectivity index (χ0v) is 12.1. The fourth-order valence-electron chi connectivity index (χ4n) is 1.89. The van der Waals surface area contributed by atoms with Crippen molar-refractivity contribution in [2.45, 2.75) is 13.8 Å². The molecular weight excluding hydrogens is 262 g/mol. The van der Waals surface area contributed by atoms with Gasteiger partial charge in [-0.2, -0.15) is 0 Å². The minimum atomic E-state index is -0.201. The van der Waals surface area contributed by atoms with Crippen molar-refractivity contribution in [3.05, 3.63) is 58.9 Å². The van der Waals surface area contributed by atoms with Gasteiger partial charge in [-0.3, -0.25) is 9.78 Å². The number of carbonyl (C=O) groups excluding carboxylic acids is 1. The highest BCUT2D eigenvalue weighted by Gasteiger charge is 2.09. The Labute approximate surface area is 124 Å². The molecule has 4 heteroatoms. The molecule has 0 spiro atoms. The van der Waals surface area contributed by atoms with Gasteiger partial charge in [-0.1, -0.05) is 17.9 Å². The summed E-state index contributed by atoms with van der Waals surface area (Å²) < 4.78 is 0. The van der Waals surface area contributed by atoms with Gasteiger partial charge in [0.25, 0.3) is 5.91 Å². The van der Waals surface area contributed by atoms with Crippen LogP contribution in [-0.2, 0) is 0 Å². The second kappa shape index (κ2) is 6.69. The average molecular weight is 279 g/mol. The van der Waals surface area contributed by atoms with Crippen molar-refractivity contribution in [2.75, 3.05) is 11.9 Å². The van der Waals surface area contributed by atoms with Crippen LogP contribution in [-0.4, -0.2) is 17.4 Å². The van der Waals surface area contributed by atoms with Crippen molar-refractivity contribution >= 4 is 11.6 Å². The van der Waals surface area contributed by atoms with Crippen LogP contribution in [0, 0.1) is 25.7 Å². The van der Waals surface area contributed by atoms with Crippen LogP contribution in [0.15, 0.2) is 36.7 Å². The maximum atomic E-state index is 12.3. The number of anilines is 1. The molecule has 0 aliphatic rings. The third kappa shape index (κ3) is 3.91. The van der Waals surface area contributed by atoms with E-state index in [1.165, 1.54) is 0 Å². The van der Waals surface area contributed by atoms with Crippen LogP contribution < -0.4 is 11.1 Å². The molecule has 0 aliphatic carbocycles. The molecule has 0 atom stereocenters. The van der Waals surface area contributed by atoms with Gasteiger partial charge in [0, 0.05) is 18.0 Å². The summed E-state index contributed by atoms with van der Waals surface area (Å²) in [5.74, 6) is 5.56. The number of aromatic nitrogens is 1. The molecule has 21 heavy (non-hydrogen) atoms. The minimum Gasteiger partial charge on any atom is -0.321 e. The van der Waals surface area contributed by atoms with Gasteiger partial charge in [-0.25, -0.2) is 0 Å². The van der Waals surface area contributed by atoms with Gasteiger partial charge < -0.3 is 11.1 Å². The minimum absolute atomic E-state index is 0.201. The number of hydrogen-bond donors (Lipinski definition) is 2. The molecule has 0 fully saturated rings. The summed E-state index contributed by atoms with van der Waals surface area (Å²) in [5, 5.41) is 2.88. The van der Waals surface area contributed by atoms with Crippen molar-refractivity contribution in [1.82, 2.24) is 4.98 Å². The van der Waals surface area contributed by atoms with Crippen LogP contribution in [0.1, 0.15) is 27.0 Å². The Kier molecular flexibility index (Phi) is 4.70. The van der Waals surface area contributed by atoms with E-state index in [0.29, 0.717) is 11.3 Å². The topological polar surface area (TPSA) is 68.0 Å². The van der Waals surface area contributed by atoms with Crippen molar-refractivity contribution < 1.29 is 4.79 Å². The molecule has 1 aromatic heterocycles. The van der Waals surface area contributed by atoms with Crippen LogP contribution >= 0.6 is 0 Å². The quantitative estimate of drug-likeness (QED) is 0.829. The summed E-state index contributed by atoms with van der Waals surface area (Å²) >= 11 is 0. The molecular formula is C17H17N3O. The number of pyridine rings is 1. The fraction of sp³-hybridized carbons (Fsp3) is 0.176. The Morgan fingerprint density at radius 3 is 2.76 bits per heavy atom. The van der Waals surface area contributed by atoms with Gasteiger partial charge in [0.15, 0.2) is 0 Å². The molecule has 0 unspecified atom stereocenters. The first-order chi connectivity index (χ1) is 10.1. The SMILES string of the molecule is Cc1cncc(C(=O)Nc2cc(C)ccc2C#CCN)c1. The molecule has 1 aromatic carbocycles. The molecule has 2 aromatic rings. The van der Waals surface area contributed by atoms with Gasteiger partial charge >= 0.3 is 0 Å². The van der Waals surface area contributed by atoms with Crippen LogP contribution in [0.25, 0.3) is 0 Å². The highest BCUT2D eigenvalue weighted by molar-refractivity contribution is 6.04. The second-order valence-corrected chi connectivity index (χ2v) is 4.76. The molecule has 0 saturated carbocycles. The summed E-state index contributed by atoms with van der Waals surface area (Å²) in [6.07, 6.45) is 3.25. The number of nitrogens with two attached hydrogens (primary N) is 1. The lowest BCUT2D eigenvalue weighted by molar-refractivity contribution is 0.102. The van der Waals surface area contributed by atoms with E-state index in [2.05, 4.69) is 22.1 Å². The summed E-state index contributed by atoms with van der Waals surface area (Å²) in [4.78, 5) is 16.3. The predicted molar refractivity (Wildman–Crippen MR) is 84.0 cm³/mol. The Morgan fingerprint density at radius 2 is 2.05 bits per heavy atom. The highest BCUT2D eigenvalue weighted by atomic mass is 16.1. The van der Waals surface area contributed by atoms with E-state index < -0.39 is 0 Å². The third-order valence-corrected chi connectivity index (χ3v) is 2.89. The summed E-state index contributed by atoms with van der Waals surface area (Å²) in [6, 6.07) is 7.51. The van der Waals surface area contributed by atoms with E-state index in [1.807, 2.05) is 32.0 Å². The predicted octanol–water partition coefficient (Wildman–Crippen LogP) is 2.26. The first kappa shape index (κ1) is 14.8. The Bertz CT molecular complexity index is 726. The van der Waals surface area contributed by atoms with E-state index in [1.54, 1.807) is 18.5 Å². The lowest BCUT2D eigenvalue weighted by atomic mass is 10.1. The van der Waals surface area contributed by atoms with Crippen molar-refractivity contribution in [3.8, 4) is 11.8 Å². The summed E-state index contributed by atoms with van der Waals surface area (Å²) in [7, 11) is 0. The summed E-state index contributed by atoms with van der Waals surface area (Å²) in [5.41, 5.74) is 9.34. The molecule has 4 nitrogen and oxygen atoms in total. The molecule has 0 saturated heterocycles. The number of benzene rings is 1. The molecule has 1 amide bonds. The van der Waals surface area contributed by atoms with Gasteiger partial charge in [0.1, 0.15) is 0 Å². The number of nitrogens with zero attached hydrogens (tertiary/aromatic N) is 1. The largest absolute Gasteiger partial charge is 0.321 e. The molecule has 2 rings (SSSR count). The smallest absolute Gasteiger partial charge is 0.257 e. The second-order valence-electron chi connectivity index (χ2n) is 4.76. The summed E-state index contributed by atoms with van der Waals surface area (Å²) in [6.45, 7) is 4.14. The monoisotopic (exact) mass is 279 g/mol. The van der Waals surface area contributed by atoms with Gasteiger partial charge in [-0.15, -0.1) is 0 Å². The standard InChI is InChI=1S/C17H17N3O/c1-12-5-6-14(4-3-7-18)16(9-12)20-17(21)15-8-13(2)10-19-11-15/h5-6,8-11H,7,18H2,1-2H3,(H,20,21). The lowest BCUT2D eigenvalue weighted by Gasteiger charge is -2.09. The van der Waals surface area contributed by atoms with Gasteiger partial charge in [-0.05, 0) is 43.2 Å². The molecule has 1 heterocycles. The number of nitrogens with one attached hydrogen (secondary N) is 1. The molecule has 106 valence electrons. The number of rotatable bonds is 2. The van der Waals surface area contributed by atoms with Crippen LogP contribution in [0.4, 0.5) is 5.69 Å². The van der Waals surface area contributed by atoms with Gasteiger partial charge in [0.2, 0.25) is 0 Å². The number of carbonyl (C=O) groups is 1. The van der Waals surface area contributed by atoms with Crippen molar-refractivity contribution in [1.29, 1.82) is 0 Å². The van der Waals surface area contributed by atoms with Gasteiger partial charge in [0.05, 0.1) is 17.8 Å². The van der Waals surface area contributed by atoms with E-state index in [9.17, 15) is 4.79 Å². The number of hydrogen-bond acceptors (Lipinski definition) is 3. The first-order valence-electron chi connectivity index (χ1n) is 6.63. The average Bonchev–Trinajstić information content (AvgIpc) is 2.46. The van der Waals surface area contributed by atoms with Crippen LogP contribution in [0.5, 0.6) is 0 Å². The lowest BCUT2D eigenvalue weighted by Crippen LogP contribution is -2.13.